The van der Waals surface area contributed by atoms with Gasteiger partial charge in [0.1, 0.15) is 0 Å². The zero-order chi connectivity index (χ0) is 10.1. The molecule has 72 valence electrons. The highest BCUT2D eigenvalue weighted by molar-refractivity contribution is 7.90. The molecule has 0 aromatic heterocycles. The molecular weight excluding hydrogens is 235 g/mol. The van der Waals surface area contributed by atoms with Gasteiger partial charge in [-0.2, -0.15) is 8.42 Å². The summed E-state index contributed by atoms with van der Waals surface area (Å²) >= 11 is 11.3. The second kappa shape index (κ2) is 3.71. The van der Waals surface area contributed by atoms with Gasteiger partial charge in [-0.05, 0) is 18.2 Å². The van der Waals surface area contributed by atoms with Gasteiger partial charge in [-0.3, -0.25) is 4.72 Å². The van der Waals surface area contributed by atoms with E-state index in [1.807, 2.05) is 4.72 Å². The van der Waals surface area contributed by atoms with E-state index in [0.717, 1.165) is 0 Å². The first kappa shape index (κ1) is 10.6. The maximum atomic E-state index is 10.6. The highest BCUT2D eigenvalue weighted by atomic mass is 35.5. The SMILES string of the molecule is NS(=O)(=O)Nc1cc(Cl)ccc1Cl. The van der Waals surface area contributed by atoms with Crippen molar-refractivity contribution in [2.45, 2.75) is 0 Å². The molecule has 0 heterocycles. The van der Waals surface area contributed by atoms with Crippen molar-refractivity contribution in [1.29, 1.82) is 0 Å². The maximum Gasteiger partial charge on any atom is 0.296 e. The summed E-state index contributed by atoms with van der Waals surface area (Å²) in [5.74, 6) is 0. The Morgan fingerprint density at radius 1 is 1.31 bits per heavy atom. The van der Waals surface area contributed by atoms with Crippen molar-refractivity contribution in [1.82, 2.24) is 0 Å². The van der Waals surface area contributed by atoms with Crippen molar-refractivity contribution < 1.29 is 8.42 Å². The van der Waals surface area contributed by atoms with Gasteiger partial charge in [0, 0.05) is 5.02 Å². The van der Waals surface area contributed by atoms with Crippen molar-refractivity contribution >= 4 is 39.1 Å². The first-order valence-electron chi connectivity index (χ1n) is 3.14. The van der Waals surface area contributed by atoms with Crippen molar-refractivity contribution in [3.8, 4) is 0 Å². The van der Waals surface area contributed by atoms with Crippen LogP contribution >= 0.6 is 23.2 Å². The van der Waals surface area contributed by atoms with Crippen molar-refractivity contribution in [3.63, 3.8) is 0 Å². The highest BCUT2D eigenvalue weighted by Crippen LogP contribution is 2.25. The molecule has 0 aliphatic rings. The smallest absolute Gasteiger partial charge is 0.270 e. The summed E-state index contributed by atoms with van der Waals surface area (Å²) in [5.41, 5.74) is 0.164. The van der Waals surface area contributed by atoms with Crippen LogP contribution in [-0.4, -0.2) is 8.42 Å². The molecule has 0 radical (unpaired) electrons. The molecule has 0 amide bonds. The Morgan fingerprint density at radius 3 is 2.46 bits per heavy atom. The number of rotatable bonds is 2. The fraction of sp³-hybridized carbons (Fsp3) is 0. The van der Waals surface area contributed by atoms with Crippen LogP contribution in [0.2, 0.25) is 10.0 Å². The molecule has 1 aromatic rings. The van der Waals surface area contributed by atoms with Crippen LogP contribution in [0.25, 0.3) is 0 Å². The van der Waals surface area contributed by atoms with Gasteiger partial charge in [-0.25, -0.2) is 5.14 Å². The van der Waals surface area contributed by atoms with E-state index in [0.29, 0.717) is 5.02 Å². The second-order valence-corrected chi connectivity index (χ2v) is 4.41. The van der Waals surface area contributed by atoms with Crippen molar-refractivity contribution in [2.75, 3.05) is 4.72 Å². The van der Waals surface area contributed by atoms with E-state index in [4.69, 9.17) is 28.3 Å². The average molecular weight is 241 g/mol. The molecule has 3 N–H and O–H groups in total. The van der Waals surface area contributed by atoms with E-state index < -0.39 is 10.2 Å². The number of nitrogens with two attached hydrogens (primary N) is 1. The van der Waals surface area contributed by atoms with Crippen LogP contribution in [0.15, 0.2) is 18.2 Å². The van der Waals surface area contributed by atoms with Gasteiger partial charge in [-0.1, -0.05) is 23.2 Å². The zero-order valence-electron chi connectivity index (χ0n) is 6.29. The predicted octanol–water partition coefficient (Wildman–Crippen LogP) is 1.61. The monoisotopic (exact) mass is 240 g/mol. The normalized spacial score (nSPS) is 11.3. The summed E-state index contributed by atoms with van der Waals surface area (Å²) in [6.45, 7) is 0. The molecule has 1 rings (SSSR count). The van der Waals surface area contributed by atoms with Crippen LogP contribution < -0.4 is 9.86 Å². The Hall–Kier alpha value is -0.490. The van der Waals surface area contributed by atoms with E-state index in [-0.39, 0.29) is 10.7 Å². The zero-order valence-corrected chi connectivity index (χ0v) is 8.62. The van der Waals surface area contributed by atoms with E-state index in [9.17, 15) is 8.42 Å². The van der Waals surface area contributed by atoms with Gasteiger partial charge in [0.05, 0.1) is 10.7 Å². The fourth-order valence-electron chi connectivity index (χ4n) is 0.729. The molecular formula is C6H6Cl2N2O2S. The molecule has 0 saturated carbocycles. The van der Waals surface area contributed by atoms with Gasteiger partial charge < -0.3 is 0 Å². The molecule has 13 heavy (non-hydrogen) atoms. The third-order valence-electron chi connectivity index (χ3n) is 1.18. The minimum Gasteiger partial charge on any atom is -0.270 e. The summed E-state index contributed by atoms with van der Waals surface area (Å²) in [7, 11) is -3.81. The first-order valence-corrected chi connectivity index (χ1v) is 5.44. The van der Waals surface area contributed by atoms with Gasteiger partial charge in [0.15, 0.2) is 0 Å². The summed E-state index contributed by atoms with van der Waals surface area (Å²) < 4.78 is 23.3. The van der Waals surface area contributed by atoms with Crippen molar-refractivity contribution in [2.24, 2.45) is 5.14 Å². The third-order valence-corrected chi connectivity index (χ3v) is 2.25. The average Bonchev–Trinajstić information content (AvgIpc) is 1.94. The molecule has 0 fully saturated rings. The maximum absolute atomic E-state index is 10.6. The molecule has 0 unspecified atom stereocenters. The van der Waals surface area contributed by atoms with E-state index in [1.165, 1.54) is 18.2 Å². The van der Waals surface area contributed by atoms with Crippen LogP contribution in [0, 0.1) is 0 Å². The van der Waals surface area contributed by atoms with Crippen molar-refractivity contribution in [3.05, 3.63) is 28.2 Å². The minimum absolute atomic E-state index is 0.164. The van der Waals surface area contributed by atoms with E-state index in [2.05, 4.69) is 0 Å². The number of hydrogen-bond acceptors (Lipinski definition) is 2. The molecule has 0 bridgehead atoms. The summed E-state index contributed by atoms with van der Waals surface area (Å²) in [6, 6.07) is 4.38. The largest absolute Gasteiger partial charge is 0.296 e. The predicted molar refractivity (Wildman–Crippen MR) is 53.2 cm³/mol. The molecule has 0 aliphatic carbocycles. The minimum atomic E-state index is -3.81. The number of benzene rings is 1. The Morgan fingerprint density at radius 2 is 1.92 bits per heavy atom. The van der Waals surface area contributed by atoms with Gasteiger partial charge in [0.25, 0.3) is 10.2 Å². The number of hydrogen-bond donors (Lipinski definition) is 2. The molecule has 7 heteroatoms. The summed E-state index contributed by atoms with van der Waals surface area (Å²) in [5, 5.41) is 5.35. The molecule has 0 aliphatic heterocycles. The van der Waals surface area contributed by atoms with Crippen LogP contribution in [0.3, 0.4) is 0 Å². The number of nitrogens with one attached hydrogen (secondary N) is 1. The van der Waals surface area contributed by atoms with Gasteiger partial charge in [-0.15, -0.1) is 0 Å². The van der Waals surface area contributed by atoms with E-state index in [1.54, 1.807) is 0 Å². The molecule has 0 saturated heterocycles. The Balaban J connectivity index is 3.08. The number of anilines is 1. The lowest BCUT2D eigenvalue weighted by Crippen LogP contribution is -2.21. The highest BCUT2D eigenvalue weighted by Gasteiger charge is 2.06. The lowest BCUT2D eigenvalue weighted by molar-refractivity contribution is 0.603. The third kappa shape index (κ3) is 3.40. The standard InChI is InChI=1S/C6H6Cl2N2O2S/c7-4-1-2-5(8)6(3-4)10-13(9,11)12/h1-3,10H,(H2,9,11,12). The second-order valence-electron chi connectivity index (χ2n) is 2.27. The fourth-order valence-corrected chi connectivity index (χ4v) is 1.60. The van der Waals surface area contributed by atoms with Gasteiger partial charge in [0.2, 0.25) is 0 Å². The number of halogens is 2. The Labute approximate surface area is 85.8 Å². The molecule has 0 atom stereocenters. The quantitative estimate of drug-likeness (QED) is 0.825. The molecule has 0 spiro atoms. The topological polar surface area (TPSA) is 72.2 Å². The Bertz CT molecular complexity index is 419. The molecule has 4 nitrogen and oxygen atoms in total. The van der Waals surface area contributed by atoms with Gasteiger partial charge >= 0.3 is 0 Å². The van der Waals surface area contributed by atoms with Crippen LogP contribution in [0.1, 0.15) is 0 Å². The van der Waals surface area contributed by atoms with Crippen LogP contribution in [-0.2, 0) is 10.2 Å². The Kier molecular flexibility index (Phi) is 3.02. The molecule has 1 aromatic carbocycles. The summed E-state index contributed by atoms with van der Waals surface area (Å²) in [6.07, 6.45) is 0. The van der Waals surface area contributed by atoms with Crippen LogP contribution in [0.5, 0.6) is 0 Å². The lowest BCUT2D eigenvalue weighted by atomic mass is 10.3. The van der Waals surface area contributed by atoms with E-state index >= 15 is 0 Å². The first-order chi connectivity index (χ1) is 5.88. The summed E-state index contributed by atoms with van der Waals surface area (Å²) in [4.78, 5) is 0. The lowest BCUT2D eigenvalue weighted by Gasteiger charge is -2.05. The van der Waals surface area contributed by atoms with Crippen LogP contribution in [0.4, 0.5) is 5.69 Å².